The SMILES string of the molecule is CCN(CC)c1ccc(/C=C2/SC(=S)N(c3cccc(Cl)c3)C2=O)cc1. The Morgan fingerprint density at radius 2 is 1.85 bits per heavy atom. The first kappa shape index (κ1) is 19.0. The molecule has 3 nitrogen and oxygen atoms in total. The molecular formula is C20H19ClN2OS2. The van der Waals surface area contributed by atoms with Crippen LogP contribution in [0.15, 0.2) is 53.4 Å². The van der Waals surface area contributed by atoms with Gasteiger partial charge in [-0.1, -0.05) is 53.8 Å². The standard InChI is InChI=1S/C20H19ClN2OS2/c1-3-22(4-2)16-10-8-14(9-11-16)12-18-19(24)23(20(25)26-18)17-7-5-6-15(21)13-17/h5-13H,3-4H2,1-2H3/b18-12+. The van der Waals surface area contributed by atoms with E-state index in [-0.39, 0.29) is 5.91 Å². The Bertz CT molecular complexity index is 860. The van der Waals surface area contributed by atoms with Crippen molar-refractivity contribution in [1.29, 1.82) is 0 Å². The van der Waals surface area contributed by atoms with Crippen LogP contribution in [0.25, 0.3) is 6.08 Å². The second-order valence-corrected chi connectivity index (χ2v) is 7.87. The fraction of sp³-hybridized carbons (Fsp3) is 0.200. The van der Waals surface area contributed by atoms with Gasteiger partial charge in [0.05, 0.1) is 10.6 Å². The lowest BCUT2D eigenvalue weighted by atomic mass is 10.1. The summed E-state index contributed by atoms with van der Waals surface area (Å²) in [5.74, 6) is -0.116. The summed E-state index contributed by atoms with van der Waals surface area (Å²) in [6.07, 6.45) is 1.88. The predicted molar refractivity (Wildman–Crippen MR) is 117 cm³/mol. The number of nitrogens with zero attached hydrogens (tertiary/aromatic N) is 2. The highest BCUT2D eigenvalue weighted by molar-refractivity contribution is 8.27. The maximum atomic E-state index is 12.8. The van der Waals surface area contributed by atoms with Crippen molar-refractivity contribution >= 4 is 63.3 Å². The highest BCUT2D eigenvalue weighted by Gasteiger charge is 2.33. The zero-order valence-corrected chi connectivity index (χ0v) is 17.0. The molecule has 0 aromatic heterocycles. The first-order chi connectivity index (χ1) is 12.5. The van der Waals surface area contributed by atoms with Gasteiger partial charge in [-0.15, -0.1) is 0 Å². The Labute approximate surface area is 168 Å². The summed E-state index contributed by atoms with van der Waals surface area (Å²) in [5, 5.41) is 0.576. The number of carbonyl (C=O) groups is 1. The summed E-state index contributed by atoms with van der Waals surface area (Å²) < 4.78 is 0.517. The lowest BCUT2D eigenvalue weighted by Gasteiger charge is -2.20. The Kier molecular flexibility index (Phi) is 6.01. The van der Waals surface area contributed by atoms with E-state index in [4.69, 9.17) is 23.8 Å². The largest absolute Gasteiger partial charge is 0.372 e. The highest BCUT2D eigenvalue weighted by Crippen LogP contribution is 2.36. The van der Waals surface area contributed by atoms with Crippen molar-refractivity contribution in [1.82, 2.24) is 0 Å². The third kappa shape index (κ3) is 3.95. The summed E-state index contributed by atoms with van der Waals surface area (Å²) in [6.45, 7) is 6.21. The molecule has 0 unspecified atom stereocenters. The number of hydrogen-bond acceptors (Lipinski definition) is 4. The predicted octanol–water partition coefficient (Wildman–Crippen LogP) is 5.59. The van der Waals surface area contributed by atoms with Crippen LogP contribution < -0.4 is 9.80 Å². The zero-order valence-electron chi connectivity index (χ0n) is 14.6. The van der Waals surface area contributed by atoms with E-state index in [9.17, 15) is 4.79 Å². The first-order valence-corrected chi connectivity index (χ1v) is 10.0. The van der Waals surface area contributed by atoms with Crippen molar-refractivity contribution in [2.45, 2.75) is 13.8 Å². The van der Waals surface area contributed by atoms with Gasteiger partial charge in [0.25, 0.3) is 5.91 Å². The van der Waals surface area contributed by atoms with Crippen LogP contribution in [0.3, 0.4) is 0 Å². The molecule has 1 heterocycles. The molecule has 0 atom stereocenters. The Hall–Kier alpha value is -1.82. The topological polar surface area (TPSA) is 23.6 Å². The van der Waals surface area contributed by atoms with E-state index in [0.717, 1.165) is 18.7 Å². The van der Waals surface area contributed by atoms with E-state index >= 15 is 0 Å². The van der Waals surface area contributed by atoms with Gasteiger partial charge in [0.2, 0.25) is 0 Å². The van der Waals surface area contributed by atoms with E-state index in [1.807, 2.05) is 30.3 Å². The maximum absolute atomic E-state index is 12.8. The quantitative estimate of drug-likeness (QED) is 0.480. The molecule has 3 rings (SSSR count). The van der Waals surface area contributed by atoms with Gasteiger partial charge in [-0.3, -0.25) is 9.69 Å². The summed E-state index contributed by atoms with van der Waals surface area (Å²) in [7, 11) is 0. The van der Waals surface area contributed by atoms with E-state index < -0.39 is 0 Å². The average molecular weight is 403 g/mol. The first-order valence-electron chi connectivity index (χ1n) is 8.42. The molecule has 6 heteroatoms. The molecule has 0 spiro atoms. The van der Waals surface area contributed by atoms with E-state index in [2.05, 4.69) is 30.9 Å². The zero-order chi connectivity index (χ0) is 18.7. The van der Waals surface area contributed by atoms with Crippen LogP contribution >= 0.6 is 35.6 Å². The van der Waals surface area contributed by atoms with Crippen molar-refractivity contribution in [3.63, 3.8) is 0 Å². The fourth-order valence-electron chi connectivity index (χ4n) is 2.83. The van der Waals surface area contributed by atoms with Crippen molar-refractivity contribution < 1.29 is 4.79 Å². The van der Waals surface area contributed by atoms with Gasteiger partial charge in [0, 0.05) is 23.8 Å². The Morgan fingerprint density at radius 1 is 1.15 bits per heavy atom. The van der Waals surface area contributed by atoms with Gasteiger partial charge >= 0.3 is 0 Å². The molecule has 134 valence electrons. The number of halogens is 1. The molecule has 0 bridgehead atoms. The molecule has 1 saturated heterocycles. The molecule has 1 aliphatic rings. The molecule has 0 saturated carbocycles. The molecule has 1 amide bonds. The normalized spacial score (nSPS) is 15.8. The summed E-state index contributed by atoms with van der Waals surface area (Å²) in [5.41, 5.74) is 2.85. The van der Waals surface area contributed by atoms with Gasteiger partial charge in [0.1, 0.15) is 0 Å². The smallest absolute Gasteiger partial charge is 0.270 e. The lowest BCUT2D eigenvalue weighted by molar-refractivity contribution is -0.113. The Morgan fingerprint density at radius 3 is 2.46 bits per heavy atom. The fourth-order valence-corrected chi connectivity index (χ4v) is 4.31. The van der Waals surface area contributed by atoms with E-state index in [1.54, 1.807) is 12.1 Å². The van der Waals surface area contributed by atoms with E-state index in [0.29, 0.717) is 19.9 Å². The molecule has 0 radical (unpaired) electrons. The molecule has 26 heavy (non-hydrogen) atoms. The van der Waals surface area contributed by atoms with Crippen molar-refractivity contribution in [3.8, 4) is 0 Å². The van der Waals surface area contributed by atoms with Crippen LogP contribution in [0, 0.1) is 0 Å². The number of thioether (sulfide) groups is 1. The van der Waals surface area contributed by atoms with Gasteiger partial charge in [-0.2, -0.15) is 0 Å². The Balaban J connectivity index is 1.84. The van der Waals surface area contributed by atoms with E-state index in [1.165, 1.54) is 22.3 Å². The van der Waals surface area contributed by atoms with Gasteiger partial charge in [-0.05, 0) is 55.8 Å². The number of carbonyl (C=O) groups excluding carboxylic acids is 1. The van der Waals surface area contributed by atoms with Crippen LogP contribution in [0.4, 0.5) is 11.4 Å². The second kappa shape index (κ2) is 8.25. The summed E-state index contributed by atoms with van der Waals surface area (Å²) >= 11 is 12.8. The van der Waals surface area contributed by atoms with Gasteiger partial charge in [-0.25, -0.2) is 0 Å². The van der Waals surface area contributed by atoms with Crippen LogP contribution in [-0.4, -0.2) is 23.3 Å². The van der Waals surface area contributed by atoms with Crippen LogP contribution in [0.2, 0.25) is 5.02 Å². The minimum Gasteiger partial charge on any atom is -0.372 e. The van der Waals surface area contributed by atoms with Crippen LogP contribution in [0.1, 0.15) is 19.4 Å². The average Bonchev–Trinajstić information content (AvgIpc) is 2.91. The number of rotatable bonds is 5. The lowest BCUT2D eigenvalue weighted by Crippen LogP contribution is -2.27. The van der Waals surface area contributed by atoms with Gasteiger partial charge < -0.3 is 4.90 Å². The molecule has 0 N–H and O–H groups in total. The third-order valence-corrected chi connectivity index (χ3v) is 5.72. The summed E-state index contributed by atoms with van der Waals surface area (Å²) in [4.78, 5) is 17.2. The van der Waals surface area contributed by atoms with Crippen molar-refractivity contribution in [2.24, 2.45) is 0 Å². The molecule has 2 aromatic carbocycles. The molecule has 1 fully saturated rings. The van der Waals surface area contributed by atoms with Gasteiger partial charge in [0.15, 0.2) is 4.32 Å². The number of hydrogen-bond donors (Lipinski definition) is 0. The number of anilines is 2. The number of amides is 1. The second-order valence-electron chi connectivity index (χ2n) is 5.76. The summed E-state index contributed by atoms with van der Waals surface area (Å²) in [6, 6.07) is 15.4. The minimum absolute atomic E-state index is 0.116. The molecule has 2 aromatic rings. The highest BCUT2D eigenvalue weighted by atomic mass is 35.5. The van der Waals surface area contributed by atoms with Crippen molar-refractivity contribution in [3.05, 3.63) is 64.0 Å². The van der Waals surface area contributed by atoms with Crippen molar-refractivity contribution in [2.75, 3.05) is 22.9 Å². The van der Waals surface area contributed by atoms with Crippen LogP contribution in [-0.2, 0) is 4.79 Å². The molecular weight excluding hydrogens is 384 g/mol. The number of thiocarbonyl (C=S) groups is 1. The van der Waals surface area contributed by atoms with Crippen LogP contribution in [0.5, 0.6) is 0 Å². The number of benzene rings is 2. The monoisotopic (exact) mass is 402 g/mol. The maximum Gasteiger partial charge on any atom is 0.270 e. The minimum atomic E-state index is -0.116. The molecule has 0 aliphatic carbocycles. The third-order valence-electron chi connectivity index (χ3n) is 4.18. The molecule has 1 aliphatic heterocycles.